The number of oxime groups is 1. The molecule has 2 rings (SSSR count). The van der Waals surface area contributed by atoms with Crippen molar-refractivity contribution < 1.29 is 14.4 Å². The summed E-state index contributed by atoms with van der Waals surface area (Å²) in [5.41, 5.74) is 1.23. The van der Waals surface area contributed by atoms with Crippen LogP contribution in [0.2, 0.25) is 0 Å². The minimum Gasteiger partial charge on any atom is -0.469 e. The van der Waals surface area contributed by atoms with Crippen LogP contribution < -0.4 is 0 Å². The van der Waals surface area contributed by atoms with E-state index in [0.717, 1.165) is 25.7 Å². The Bertz CT molecular complexity index is 336. The van der Waals surface area contributed by atoms with Crippen molar-refractivity contribution in [2.45, 2.75) is 52.1 Å². The summed E-state index contributed by atoms with van der Waals surface area (Å²) in [6.07, 6.45) is 4.95. The maximum Gasteiger partial charge on any atom is 0.305 e. The molecule has 4 nitrogen and oxygen atoms in total. The summed E-state index contributed by atoms with van der Waals surface area (Å²) in [6.45, 7) is 4.40. The molecule has 0 spiro atoms. The first-order chi connectivity index (χ1) is 8.71. The average Bonchev–Trinajstić information content (AvgIpc) is 2.95. The van der Waals surface area contributed by atoms with Crippen LogP contribution >= 0.6 is 0 Å². The van der Waals surface area contributed by atoms with Crippen molar-refractivity contribution in [2.75, 3.05) is 7.11 Å². The molecule has 102 valence electrons. The van der Waals surface area contributed by atoms with Crippen molar-refractivity contribution in [3.63, 3.8) is 0 Å². The molecular formula is C14H23NO3. The maximum absolute atomic E-state index is 11.4. The lowest BCUT2D eigenvalue weighted by Crippen LogP contribution is -2.27. The van der Waals surface area contributed by atoms with E-state index < -0.39 is 0 Å². The van der Waals surface area contributed by atoms with Crippen LogP contribution in [0.5, 0.6) is 0 Å². The van der Waals surface area contributed by atoms with Crippen molar-refractivity contribution >= 4 is 11.7 Å². The lowest BCUT2D eigenvalue weighted by atomic mass is 9.85. The van der Waals surface area contributed by atoms with Crippen molar-refractivity contribution in [1.82, 2.24) is 0 Å². The van der Waals surface area contributed by atoms with E-state index in [2.05, 4.69) is 19.0 Å². The van der Waals surface area contributed by atoms with Crippen LogP contribution in [-0.4, -0.2) is 24.9 Å². The summed E-state index contributed by atoms with van der Waals surface area (Å²) in [5, 5.41) is 4.31. The highest BCUT2D eigenvalue weighted by Crippen LogP contribution is 2.42. The molecule has 0 N–H and O–H groups in total. The van der Waals surface area contributed by atoms with Gasteiger partial charge in [0.2, 0.25) is 0 Å². The second-order valence-corrected chi connectivity index (χ2v) is 5.32. The lowest BCUT2D eigenvalue weighted by Gasteiger charge is -2.18. The van der Waals surface area contributed by atoms with Crippen LogP contribution in [0.4, 0.5) is 0 Å². The second kappa shape index (κ2) is 5.72. The van der Waals surface area contributed by atoms with E-state index in [1.165, 1.54) is 12.8 Å². The molecule has 0 radical (unpaired) electrons. The van der Waals surface area contributed by atoms with Gasteiger partial charge in [0.1, 0.15) is 6.10 Å². The van der Waals surface area contributed by atoms with E-state index in [0.29, 0.717) is 18.3 Å². The molecule has 2 aliphatic rings. The lowest BCUT2D eigenvalue weighted by molar-refractivity contribution is -0.142. The third-order valence-electron chi connectivity index (χ3n) is 4.43. The van der Waals surface area contributed by atoms with Gasteiger partial charge in [-0.25, -0.2) is 0 Å². The largest absolute Gasteiger partial charge is 0.469 e. The fourth-order valence-corrected chi connectivity index (χ4v) is 3.32. The minimum atomic E-state index is -0.139. The Balaban J connectivity index is 1.99. The predicted octanol–water partition coefficient (Wildman–Crippen LogP) is 2.77. The van der Waals surface area contributed by atoms with Gasteiger partial charge in [-0.3, -0.25) is 4.79 Å². The van der Waals surface area contributed by atoms with E-state index in [-0.39, 0.29) is 18.0 Å². The quantitative estimate of drug-likeness (QED) is 0.708. The number of hydrogen-bond donors (Lipinski definition) is 0. The van der Waals surface area contributed by atoms with Gasteiger partial charge < -0.3 is 9.57 Å². The molecule has 1 heterocycles. The number of hydrogen-bond acceptors (Lipinski definition) is 4. The van der Waals surface area contributed by atoms with Crippen LogP contribution in [-0.2, 0) is 14.4 Å². The monoisotopic (exact) mass is 253 g/mol. The Labute approximate surface area is 109 Å². The molecule has 0 aromatic carbocycles. The van der Waals surface area contributed by atoms with E-state index in [1.807, 2.05) is 0 Å². The highest BCUT2D eigenvalue weighted by molar-refractivity contribution is 5.90. The first-order valence-corrected chi connectivity index (χ1v) is 7.01. The Morgan fingerprint density at radius 3 is 2.78 bits per heavy atom. The van der Waals surface area contributed by atoms with E-state index in [4.69, 9.17) is 9.57 Å². The Morgan fingerprint density at radius 1 is 1.44 bits per heavy atom. The van der Waals surface area contributed by atoms with E-state index in [1.54, 1.807) is 0 Å². The van der Waals surface area contributed by atoms with Gasteiger partial charge in [0.25, 0.3) is 0 Å². The van der Waals surface area contributed by atoms with Gasteiger partial charge in [-0.1, -0.05) is 19.0 Å². The van der Waals surface area contributed by atoms with Crippen molar-refractivity contribution in [1.29, 1.82) is 0 Å². The van der Waals surface area contributed by atoms with Gasteiger partial charge in [0, 0.05) is 17.8 Å². The molecule has 0 amide bonds. The number of nitrogens with zero attached hydrogens (tertiary/aromatic N) is 1. The maximum atomic E-state index is 11.4. The zero-order valence-electron chi connectivity index (χ0n) is 11.5. The third kappa shape index (κ3) is 2.38. The summed E-state index contributed by atoms with van der Waals surface area (Å²) < 4.78 is 4.75. The molecule has 0 aromatic rings. The van der Waals surface area contributed by atoms with E-state index in [9.17, 15) is 4.79 Å². The Kier molecular flexibility index (Phi) is 4.25. The number of esters is 1. The van der Waals surface area contributed by atoms with Gasteiger partial charge in [-0.2, -0.15) is 0 Å². The number of carbonyl (C=O) groups excluding carboxylic acids is 1. The van der Waals surface area contributed by atoms with Gasteiger partial charge in [-0.15, -0.1) is 0 Å². The molecule has 0 aromatic heterocycles. The minimum absolute atomic E-state index is 0.111. The molecule has 4 heteroatoms. The fourth-order valence-electron chi connectivity index (χ4n) is 3.32. The van der Waals surface area contributed by atoms with E-state index >= 15 is 0 Å². The molecule has 0 saturated heterocycles. The number of methoxy groups -OCH3 is 1. The number of rotatable bonds is 5. The summed E-state index contributed by atoms with van der Waals surface area (Å²) in [4.78, 5) is 17.0. The van der Waals surface area contributed by atoms with Crippen LogP contribution in [0.25, 0.3) is 0 Å². The van der Waals surface area contributed by atoms with Crippen LogP contribution in [0.15, 0.2) is 5.16 Å². The summed E-state index contributed by atoms with van der Waals surface area (Å²) in [7, 11) is 1.44. The zero-order valence-corrected chi connectivity index (χ0v) is 11.5. The molecule has 3 atom stereocenters. The zero-order chi connectivity index (χ0) is 13.1. The molecule has 0 bridgehead atoms. The molecule has 1 aliphatic carbocycles. The SMILES string of the molecule is CCC(CC)C1=NO[C@@H]2[C@@H](CC(=O)OC)CC[C@H]12. The first kappa shape index (κ1) is 13.4. The first-order valence-electron chi connectivity index (χ1n) is 7.01. The highest BCUT2D eigenvalue weighted by Gasteiger charge is 2.46. The van der Waals surface area contributed by atoms with Crippen LogP contribution in [0.3, 0.4) is 0 Å². The van der Waals surface area contributed by atoms with Crippen LogP contribution in [0.1, 0.15) is 46.0 Å². The standard InChI is InChI=1S/C14H23NO3/c1-4-9(5-2)13-11-7-6-10(8-12(16)17-3)14(11)18-15-13/h9-11,14H,4-8H2,1-3H3/t10-,11-,14-/m1/s1. The topological polar surface area (TPSA) is 47.9 Å². The molecule has 1 saturated carbocycles. The molecule has 18 heavy (non-hydrogen) atoms. The van der Waals surface area contributed by atoms with Crippen molar-refractivity contribution in [3.05, 3.63) is 0 Å². The van der Waals surface area contributed by atoms with Gasteiger partial charge in [0.15, 0.2) is 0 Å². The Hall–Kier alpha value is -1.06. The number of fused-ring (bicyclic) bond motifs is 1. The molecular weight excluding hydrogens is 230 g/mol. The van der Waals surface area contributed by atoms with Crippen molar-refractivity contribution in [2.24, 2.45) is 22.9 Å². The predicted molar refractivity (Wildman–Crippen MR) is 69.2 cm³/mol. The molecule has 1 aliphatic heterocycles. The van der Waals surface area contributed by atoms with Crippen LogP contribution in [0, 0.1) is 17.8 Å². The second-order valence-electron chi connectivity index (χ2n) is 5.32. The fraction of sp³-hybridized carbons (Fsp3) is 0.857. The molecule has 1 fully saturated rings. The van der Waals surface area contributed by atoms with Gasteiger partial charge in [0.05, 0.1) is 19.2 Å². The molecule has 0 unspecified atom stereocenters. The summed E-state index contributed by atoms with van der Waals surface area (Å²) in [5.74, 6) is 1.11. The summed E-state index contributed by atoms with van der Waals surface area (Å²) >= 11 is 0. The third-order valence-corrected chi connectivity index (χ3v) is 4.43. The Morgan fingerprint density at radius 2 is 2.17 bits per heavy atom. The number of ether oxygens (including phenoxy) is 1. The number of carbonyl (C=O) groups is 1. The highest BCUT2D eigenvalue weighted by atomic mass is 16.6. The summed E-state index contributed by atoms with van der Waals surface area (Å²) in [6, 6.07) is 0. The van der Waals surface area contributed by atoms with Crippen molar-refractivity contribution in [3.8, 4) is 0 Å². The normalized spacial score (nSPS) is 30.0. The average molecular weight is 253 g/mol. The van der Waals surface area contributed by atoms with Gasteiger partial charge in [-0.05, 0) is 25.7 Å². The van der Waals surface area contributed by atoms with Gasteiger partial charge >= 0.3 is 5.97 Å². The smallest absolute Gasteiger partial charge is 0.305 e.